The largest absolute Gasteiger partial charge is 0.457 e. The molecule has 1 amide bonds. The Balaban J connectivity index is 1.41. The maximum Gasteiger partial charge on any atom is 0.269 e. The average molecular weight is 468 g/mol. The van der Waals surface area contributed by atoms with Gasteiger partial charge in [-0.1, -0.05) is 6.07 Å². The van der Waals surface area contributed by atoms with Crippen LogP contribution >= 0.6 is 0 Å². The van der Waals surface area contributed by atoms with E-state index in [0.29, 0.717) is 39.8 Å². The Morgan fingerprint density at radius 3 is 2.69 bits per heavy atom. The summed E-state index contributed by atoms with van der Waals surface area (Å²) in [6.07, 6.45) is 4.79. The first-order valence-corrected chi connectivity index (χ1v) is 10.8. The number of carbonyl (C=O) groups is 1. The van der Waals surface area contributed by atoms with Gasteiger partial charge in [-0.25, -0.2) is 9.37 Å². The normalized spacial score (nSPS) is 10.8. The zero-order valence-corrected chi connectivity index (χ0v) is 19.0. The van der Waals surface area contributed by atoms with Crippen LogP contribution in [0.1, 0.15) is 10.5 Å². The molecule has 0 bridgehead atoms. The summed E-state index contributed by atoms with van der Waals surface area (Å²) in [6, 6.07) is 17.2. The van der Waals surface area contributed by atoms with Crippen molar-refractivity contribution in [2.24, 2.45) is 7.05 Å². The number of nitrogens with one attached hydrogen (secondary N) is 2. The standard InChI is InChI=1S/C26H21FN6O2/c1-28-25(34)23-14-19(9-11-30-23)35-18-6-8-24-22(13-18)32-26(33(24)2)31-17-5-7-21(27)20(12-17)16-4-3-10-29-15-16/h3-15H,1-2H3,(H,28,34)(H,31,32). The number of aryl methyl sites for hydroxylation is 1. The number of halogens is 1. The molecule has 5 rings (SSSR count). The lowest BCUT2D eigenvalue weighted by Crippen LogP contribution is -2.18. The Kier molecular flexibility index (Phi) is 5.80. The quantitative estimate of drug-likeness (QED) is 0.362. The van der Waals surface area contributed by atoms with Crippen LogP contribution in [0, 0.1) is 5.82 Å². The zero-order valence-electron chi connectivity index (χ0n) is 19.0. The van der Waals surface area contributed by atoms with E-state index in [9.17, 15) is 9.18 Å². The summed E-state index contributed by atoms with van der Waals surface area (Å²) in [5.41, 5.74) is 3.69. The van der Waals surface area contributed by atoms with Gasteiger partial charge < -0.3 is 19.9 Å². The van der Waals surface area contributed by atoms with Gasteiger partial charge in [-0.05, 0) is 42.5 Å². The van der Waals surface area contributed by atoms with E-state index in [4.69, 9.17) is 4.74 Å². The number of hydrogen-bond donors (Lipinski definition) is 2. The molecule has 0 aliphatic rings. The Morgan fingerprint density at radius 2 is 1.89 bits per heavy atom. The number of rotatable bonds is 6. The molecule has 9 heteroatoms. The Labute approximate surface area is 200 Å². The average Bonchev–Trinajstić information content (AvgIpc) is 3.19. The number of benzene rings is 2. The predicted octanol–water partition coefficient (Wildman–Crippen LogP) is 5.06. The maximum atomic E-state index is 14.4. The minimum Gasteiger partial charge on any atom is -0.457 e. The van der Waals surface area contributed by atoms with E-state index in [1.165, 1.54) is 12.3 Å². The van der Waals surface area contributed by atoms with Crippen molar-refractivity contribution in [3.8, 4) is 22.6 Å². The van der Waals surface area contributed by atoms with Crippen LogP contribution in [0.3, 0.4) is 0 Å². The van der Waals surface area contributed by atoms with Crippen molar-refractivity contribution in [1.29, 1.82) is 0 Å². The van der Waals surface area contributed by atoms with Gasteiger partial charge >= 0.3 is 0 Å². The van der Waals surface area contributed by atoms with Crippen molar-refractivity contribution in [2.45, 2.75) is 0 Å². The summed E-state index contributed by atoms with van der Waals surface area (Å²) in [5.74, 6) is 1.02. The van der Waals surface area contributed by atoms with Crippen LogP contribution in [0.5, 0.6) is 11.5 Å². The van der Waals surface area contributed by atoms with E-state index >= 15 is 0 Å². The van der Waals surface area contributed by atoms with Crippen LogP contribution in [0.4, 0.5) is 16.0 Å². The number of amides is 1. The molecule has 2 aromatic carbocycles. The number of fused-ring (bicyclic) bond motifs is 1. The van der Waals surface area contributed by atoms with Gasteiger partial charge in [0, 0.05) is 61.6 Å². The molecule has 0 atom stereocenters. The third-order valence-corrected chi connectivity index (χ3v) is 5.47. The van der Waals surface area contributed by atoms with Gasteiger partial charge in [-0.2, -0.15) is 0 Å². The third kappa shape index (κ3) is 4.51. The molecule has 0 aliphatic heterocycles. The SMILES string of the molecule is CNC(=O)c1cc(Oc2ccc3c(c2)nc(Nc2ccc(F)c(-c4cccnc4)c2)n3C)ccn1. The van der Waals surface area contributed by atoms with E-state index < -0.39 is 0 Å². The highest BCUT2D eigenvalue weighted by Gasteiger charge is 2.13. The molecule has 3 aromatic heterocycles. The first-order valence-electron chi connectivity index (χ1n) is 10.8. The lowest BCUT2D eigenvalue weighted by molar-refractivity contribution is 0.0958. The minimum absolute atomic E-state index is 0.264. The van der Waals surface area contributed by atoms with E-state index in [2.05, 4.69) is 25.6 Å². The number of carbonyl (C=O) groups excluding carboxylic acids is 1. The fraction of sp³-hybridized carbons (Fsp3) is 0.0769. The van der Waals surface area contributed by atoms with Crippen molar-refractivity contribution in [3.63, 3.8) is 0 Å². The molecule has 0 radical (unpaired) electrons. The molecule has 5 aromatic rings. The van der Waals surface area contributed by atoms with Crippen LogP contribution in [0.15, 0.2) is 79.3 Å². The molecule has 2 N–H and O–H groups in total. The minimum atomic E-state index is -0.328. The summed E-state index contributed by atoms with van der Waals surface area (Å²) >= 11 is 0. The molecule has 8 nitrogen and oxygen atoms in total. The molecular formula is C26H21FN6O2. The molecule has 0 fully saturated rings. The second-order valence-corrected chi connectivity index (χ2v) is 7.76. The van der Waals surface area contributed by atoms with Crippen molar-refractivity contribution >= 4 is 28.6 Å². The van der Waals surface area contributed by atoms with E-state index in [0.717, 1.165) is 5.52 Å². The lowest BCUT2D eigenvalue weighted by Gasteiger charge is -2.09. The fourth-order valence-corrected chi connectivity index (χ4v) is 3.69. The molecule has 0 unspecified atom stereocenters. The van der Waals surface area contributed by atoms with Gasteiger partial charge in [0.1, 0.15) is 23.0 Å². The van der Waals surface area contributed by atoms with Crippen molar-refractivity contribution in [2.75, 3.05) is 12.4 Å². The van der Waals surface area contributed by atoms with Crippen molar-refractivity contribution in [3.05, 3.63) is 90.8 Å². The van der Waals surface area contributed by atoms with Crippen molar-refractivity contribution in [1.82, 2.24) is 24.8 Å². The monoisotopic (exact) mass is 468 g/mol. The number of aromatic nitrogens is 4. The highest BCUT2D eigenvalue weighted by atomic mass is 19.1. The number of anilines is 2. The number of hydrogen-bond acceptors (Lipinski definition) is 6. The number of nitrogens with zero attached hydrogens (tertiary/aromatic N) is 4. The van der Waals surface area contributed by atoms with Crippen LogP contribution < -0.4 is 15.4 Å². The summed E-state index contributed by atoms with van der Waals surface area (Å²) in [5, 5.41) is 5.81. The molecular weight excluding hydrogens is 447 g/mol. The highest BCUT2D eigenvalue weighted by molar-refractivity contribution is 5.92. The van der Waals surface area contributed by atoms with Crippen LogP contribution in [-0.2, 0) is 7.05 Å². The van der Waals surface area contributed by atoms with Crippen molar-refractivity contribution < 1.29 is 13.9 Å². The highest BCUT2D eigenvalue weighted by Crippen LogP contribution is 2.30. The van der Waals surface area contributed by atoms with Gasteiger partial charge in [-0.15, -0.1) is 0 Å². The van der Waals surface area contributed by atoms with Gasteiger partial charge in [0.15, 0.2) is 0 Å². The van der Waals surface area contributed by atoms with Crippen LogP contribution in [-0.4, -0.2) is 32.5 Å². The molecule has 3 heterocycles. The Bertz CT molecular complexity index is 1530. The van der Waals surface area contributed by atoms with Gasteiger partial charge in [-0.3, -0.25) is 14.8 Å². The second-order valence-electron chi connectivity index (χ2n) is 7.76. The predicted molar refractivity (Wildman–Crippen MR) is 131 cm³/mol. The topological polar surface area (TPSA) is 94.0 Å². The Hall–Kier alpha value is -4.79. The summed E-state index contributed by atoms with van der Waals surface area (Å²) < 4.78 is 22.3. The number of ether oxygens (including phenoxy) is 1. The molecule has 0 spiro atoms. The molecule has 0 aliphatic carbocycles. The maximum absolute atomic E-state index is 14.4. The van der Waals surface area contributed by atoms with Gasteiger partial charge in [0.25, 0.3) is 5.91 Å². The van der Waals surface area contributed by atoms with Gasteiger partial charge in [0.05, 0.1) is 11.0 Å². The smallest absolute Gasteiger partial charge is 0.269 e. The summed E-state index contributed by atoms with van der Waals surface area (Å²) in [6.45, 7) is 0. The van der Waals surface area contributed by atoms with E-state index in [1.807, 2.05) is 35.9 Å². The Morgan fingerprint density at radius 1 is 1.03 bits per heavy atom. The van der Waals surface area contributed by atoms with Crippen LogP contribution in [0.25, 0.3) is 22.2 Å². The van der Waals surface area contributed by atoms with E-state index in [1.54, 1.807) is 49.8 Å². The zero-order chi connectivity index (χ0) is 24.4. The third-order valence-electron chi connectivity index (χ3n) is 5.47. The summed E-state index contributed by atoms with van der Waals surface area (Å²) in [7, 11) is 3.44. The molecule has 0 saturated carbocycles. The number of pyridine rings is 2. The lowest BCUT2D eigenvalue weighted by atomic mass is 10.1. The fourth-order valence-electron chi connectivity index (χ4n) is 3.69. The molecule has 35 heavy (non-hydrogen) atoms. The summed E-state index contributed by atoms with van der Waals surface area (Å²) in [4.78, 5) is 24.6. The first-order chi connectivity index (χ1) is 17.0. The molecule has 174 valence electrons. The molecule has 0 saturated heterocycles. The van der Waals surface area contributed by atoms with E-state index in [-0.39, 0.29) is 17.4 Å². The number of imidazole rings is 1. The van der Waals surface area contributed by atoms with Crippen LogP contribution in [0.2, 0.25) is 0 Å². The van der Waals surface area contributed by atoms with Gasteiger partial charge in [0.2, 0.25) is 5.95 Å². The first kappa shape index (κ1) is 22.0. The second kappa shape index (κ2) is 9.22.